The van der Waals surface area contributed by atoms with Crippen molar-refractivity contribution in [1.29, 1.82) is 0 Å². The molecule has 1 N–H and O–H groups in total. The van der Waals surface area contributed by atoms with Crippen LogP contribution >= 0.6 is 15.9 Å². The molecule has 1 heterocycles. The molecule has 0 aliphatic rings. The lowest BCUT2D eigenvalue weighted by Crippen LogP contribution is -2.23. The van der Waals surface area contributed by atoms with Crippen molar-refractivity contribution >= 4 is 15.9 Å². The van der Waals surface area contributed by atoms with Crippen LogP contribution in [0.1, 0.15) is 42.0 Å². The van der Waals surface area contributed by atoms with Gasteiger partial charge < -0.3 is 9.73 Å². The Morgan fingerprint density at radius 2 is 1.95 bits per heavy atom. The molecule has 0 aliphatic heterocycles. The summed E-state index contributed by atoms with van der Waals surface area (Å²) in [6.07, 6.45) is 1.11. The Morgan fingerprint density at radius 3 is 2.53 bits per heavy atom. The molecule has 0 saturated heterocycles. The van der Waals surface area contributed by atoms with Gasteiger partial charge in [0.2, 0.25) is 0 Å². The fourth-order valence-electron chi connectivity index (χ4n) is 2.32. The third kappa shape index (κ3) is 3.28. The number of rotatable bonds is 5. The van der Waals surface area contributed by atoms with Gasteiger partial charge in [-0.25, -0.2) is 0 Å². The highest BCUT2D eigenvalue weighted by Crippen LogP contribution is 2.31. The molecule has 2 rings (SSSR count). The summed E-state index contributed by atoms with van der Waals surface area (Å²) in [4.78, 5) is 0. The highest BCUT2D eigenvalue weighted by molar-refractivity contribution is 9.10. The summed E-state index contributed by atoms with van der Waals surface area (Å²) < 4.78 is 6.81. The van der Waals surface area contributed by atoms with Gasteiger partial charge in [-0.1, -0.05) is 41.1 Å². The second kappa shape index (κ2) is 6.40. The van der Waals surface area contributed by atoms with Gasteiger partial charge in [-0.05, 0) is 44.5 Å². The number of benzene rings is 1. The van der Waals surface area contributed by atoms with Gasteiger partial charge in [-0.2, -0.15) is 0 Å². The van der Waals surface area contributed by atoms with E-state index in [0.717, 1.165) is 29.0 Å². The van der Waals surface area contributed by atoms with Crippen LogP contribution in [-0.2, 0) is 0 Å². The van der Waals surface area contributed by atoms with Crippen molar-refractivity contribution in [3.63, 3.8) is 0 Å². The van der Waals surface area contributed by atoms with Crippen molar-refractivity contribution < 1.29 is 4.42 Å². The fourth-order valence-corrected chi connectivity index (χ4v) is 2.84. The molecule has 3 heteroatoms. The fraction of sp³-hybridized carbons (Fsp3) is 0.375. The lowest BCUT2D eigenvalue weighted by molar-refractivity contribution is 0.493. The summed E-state index contributed by atoms with van der Waals surface area (Å²) in [6.45, 7) is 7.18. The Bertz CT molecular complexity index is 547. The van der Waals surface area contributed by atoms with Crippen LogP contribution in [-0.4, -0.2) is 6.54 Å². The SMILES string of the molecule is CCCNC(c1ccccc1Br)c1cc(C)oc1C. The molecule has 0 amide bonds. The van der Waals surface area contributed by atoms with Crippen molar-refractivity contribution in [1.82, 2.24) is 5.32 Å². The second-order valence-electron chi connectivity index (χ2n) is 4.78. The average molecular weight is 322 g/mol. The van der Waals surface area contributed by atoms with E-state index in [1.165, 1.54) is 11.1 Å². The van der Waals surface area contributed by atoms with Gasteiger partial charge in [0.15, 0.2) is 0 Å². The molecule has 2 nitrogen and oxygen atoms in total. The van der Waals surface area contributed by atoms with Crippen LogP contribution in [0.4, 0.5) is 0 Å². The third-order valence-corrected chi connectivity index (χ3v) is 3.93. The molecule has 1 atom stereocenters. The minimum absolute atomic E-state index is 0.174. The molecule has 2 aromatic rings. The summed E-state index contributed by atoms with van der Waals surface area (Å²) in [5.41, 5.74) is 2.47. The quantitative estimate of drug-likeness (QED) is 0.859. The molecular formula is C16H20BrNO. The maximum absolute atomic E-state index is 5.68. The summed E-state index contributed by atoms with van der Waals surface area (Å²) in [6, 6.07) is 10.6. The molecule has 0 bridgehead atoms. The monoisotopic (exact) mass is 321 g/mol. The van der Waals surface area contributed by atoms with E-state index in [0.29, 0.717) is 0 Å². The summed E-state index contributed by atoms with van der Waals surface area (Å²) in [5.74, 6) is 1.95. The van der Waals surface area contributed by atoms with Gasteiger partial charge >= 0.3 is 0 Å². The van der Waals surface area contributed by atoms with Crippen LogP contribution in [0, 0.1) is 13.8 Å². The first-order valence-electron chi connectivity index (χ1n) is 6.68. The van der Waals surface area contributed by atoms with Crippen molar-refractivity contribution in [2.75, 3.05) is 6.54 Å². The van der Waals surface area contributed by atoms with E-state index in [1.807, 2.05) is 19.9 Å². The van der Waals surface area contributed by atoms with E-state index < -0.39 is 0 Å². The van der Waals surface area contributed by atoms with Crippen LogP contribution in [0.3, 0.4) is 0 Å². The first kappa shape index (κ1) is 14.4. The molecule has 0 aliphatic carbocycles. The molecule has 0 fully saturated rings. The molecule has 1 unspecified atom stereocenters. The van der Waals surface area contributed by atoms with Crippen molar-refractivity contribution in [3.05, 3.63) is 57.5 Å². The van der Waals surface area contributed by atoms with Crippen LogP contribution in [0.25, 0.3) is 0 Å². The van der Waals surface area contributed by atoms with Crippen molar-refractivity contribution in [2.24, 2.45) is 0 Å². The minimum atomic E-state index is 0.174. The number of hydrogen-bond donors (Lipinski definition) is 1. The van der Waals surface area contributed by atoms with Gasteiger partial charge in [0.25, 0.3) is 0 Å². The number of halogens is 1. The average Bonchev–Trinajstić information content (AvgIpc) is 2.71. The Balaban J connectivity index is 2.41. The predicted octanol–water partition coefficient (Wildman–Crippen LogP) is 4.75. The highest BCUT2D eigenvalue weighted by Gasteiger charge is 2.20. The Hall–Kier alpha value is -1.06. The molecule has 19 heavy (non-hydrogen) atoms. The van der Waals surface area contributed by atoms with E-state index in [2.05, 4.69) is 52.4 Å². The van der Waals surface area contributed by atoms with E-state index in [9.17, 15) is 0 Å². The third-order valence-electron chi connectivity index (χ3n) is 3.21. The van der Waals surface area contributed by atoms with E-state index in [-0.39, 0.29) is 6.04 Å². The lowest BCUT2D eigenvalue weighted by atomic mass is 9.99. The van der Waals surface area contributed by atoms with E-state index in [4.69, 9.17) is 4.42 Å². The summed E-state index contributed by atoms with van der Waals surface area (Å²) in [7, 11) is 0. The van der Waals surface area contributed by atoms with Crippen LogP contribution < -0.4 is 5.32 Å². The lowest BCUT2D eigenvalue weighted by Gasteiger charge is -2.20. The molecule has 0 saturated carbocycles. The largest absolute Gasteiger partial charge is 0.466 e. The molecule has 0 spiro atoms. The van der Waals surface area contributed by atoms with E-state index in [1.54, 1.807) is 0 Å². The Kier molecular flexibility index (Phi) is 4.83. The van der Waals surface area contributed by atoms with Gasteiger partial charge in [0.1, 0.15) is 11.5 Å². The summed E-state index contributed by atoms with van der Waals surface area (Å²) >= 11 is 3.65. The van der Waals surface area contributed by atoms with Crippen LogP contribution in [0.5, 0.6) is 0 Å². The second-order valence-corrected chi connectivity index (χ2v) is 5.63. The van der Waals surface area contributed by atoms with Gasteiger partial charge in [0, 0.05) is 10.0 Å². The normalized spacial score (nSPS) is 12.6. The Labute approximate surface area is 123 Å². The van der Waals surface area contributed by atoms with Gasteiger partial charge in [-0.15, -0.1) is 0 Å². The molecular weight excluding hydrogens is 302 g/mol. The number of nitrogens with one attached hydrogen (secondary N) is 1. The van der Waals surface area contributed by atoms with Crippen LogP contribution in [0.15, 0.2) is 39.2 Å². The zero-order valence-electron chi connectivity index (χ0n) is 11.7. The topological polar surface area (TPSA) is 25.2 Å². The Morgan fingerprint density at radius 1 is 1.21 bits per heavy atom. The first-order valence-corrected chi connectivity index (χ1v) is 7.47. The smallest absolute Gasteiger partial charge is 0.106 e. The number of hydrogen-bond acceptors (Lipinski definition) is 2. The standard InChI is InChI=1S/C16H20BrNO/c1-4-9-18-16(13-7-5-6-8-15(13)17)14-10-11(2)19-12(14)3/h5-8,10,16,18H,4,9H2,1-3H3. The maximum atomic E-state index is 5.68. The zero-order valence-corrected chi connectivity index (χ0v) is 13.3. The minimum Gasteiger partial charge on any atom is -0.466 e. The van der Waals surface area contributed by atoms with Gasteiger partial charge in [0.05, 0.1) is 6.04 Å². The maximum Gasteiger partial charge on any atom is 0.106 e. The van der Waals surface area contributed by atoms with Crippen molar-refractivity contribution in [3.8, 4) is 0 Å². The highest BCUT2D eigenvalue weighted by atomic mass is 79.9. The van der Waals surface area contributed by atoms with Crippen LogP contribution in [0.2, 0.25) is 0 Å². The zero-order chi connectivity index (χ0) is 13.8. The summed E-state index contributed by atoms with van der Waals surface area (Å²) in [5, 5.41) is 3.61. The molecule has 1 aromatic heterocycles. The van der Waals surface area contributed by atoms with Gasteiger partial charge in [-0.3, -0.25) is 0 Å². The number of furan rings is 1. The molecule has 0 radical (unpaired) electrons. The molecule has 1 aromatic carbocycles. The van der Waals surface area contributed by atoms with Crippen molar-refractivity contribution in [2.45, 2.75) is 33.2 Å². The molecule has 102 valence electrons. The predicted molar refractivity (Wildman–Crippen MR) is 82.5 cm³/mol. The number of aryl methyl sites for hydroxylation is 2. The first-order chi connectivity index (χ1) is 9.13. The van der Waals surface area contributed by atoms with E-state index >= 15 is 0 Å².